The van der Waals surface area contributed by atoms with Crippen LogP contribution in [0, 0.1) is 0 Å². The zero-order chi connectivity index (χ0) is 14.1. The number of hydrogen-bond donors (Lipinski definition) is 3. The maximum absolute atomic E-state index is 11.6. The SMILES string of the molecule is C/C=C/CCNC(=O)NC(CO)c1ccc(Cl)cc1. The fourth-order valence-electron chi connectivity index (χ4n) is 1.57. The van der Waals surface area contributed by atoms with E-state index in [1.54, 1.807) is 24.3 Å². The second-order valence-corrected chi connectivity index (χ2v) is 4.48. The molecule has 1 rings (SSSR count). The second-order valence-electron chi connectivity index (χ2n) is 4.04. The molecule has 2 amide bonds. The molecule has 0 spiro atoms. The lowest BCUT2D eigenvalue weighted by atomic mass is 10.1. The minimum atomic E-state index is -0.431. The van der Waals surface area contributed by atoms with Gasteiger partial charge in [0.25, 0.3) is 0 Å². The molecule has 1 aromatic carbocycles. The van der Waals surface area contributed by atoms with Crippen molar-refractivity contribution in [3.8, 4) is 0 Å². The summed E-state index contributed by atoms with van der Waals surface area (Å²) in [5.74, 6) is 0. The number of allylic oxidation sites excluding steroid dienone is 1. The summed E-state index contributed by atoms with van der Waals surface area (Å²) in [7, 11) is 0. The smallest absolute Gasteiger partial charge is 0.315 e. The van der Waals surface area contributed by atoms with Gasteiger partial charge in [0.1, 0.15) is 0 Å². The van der Waals surface area contributed by atoms with E-state index >= 15 is 0 Å². The maximum atomic E-state index is 11.6. The fourth-order valence-corrected chi connectivity index (χ4v) is 1.70. The van der Waals surface area contributed by atoms with Gasteiger partial charge in [-0.1, -0.05) is 35.9 Å². The molecule has 0 aromatic heterocycles. The van der Waals surface area contributed by atoms with Crippen LogP contribution in [0.3, 0.4) is 0 Å². The van der Waals surface area contributed by atoms with E-state index in [-0.39, 0.29) is 12.6 Å². The van der Waals surface area contributed by atoms with Crippen LogP contribution in [0.15, 0.2) is 36.4 Å². The third-order valence-electron chi connectivity index (χ3n) is 2.59. The molecule has 0 saturated heterocycles. The Morgan fingerprint density at radius 3 is 2.68 bits per heavy atom. The number of aliphatic hydroxyl groups excluding tert-OH is 1. The van der Waals surface area contributed by atoms with Crippen LogP contribution in [-0.2, 0) is 0 Å². The summed E-state index contributed by atoms with van der Waals surface area (Å²) in [5.41, 5.74) is 0.815. The number of aliphatic hydroxyl groups is 1. The zero-order valence-corrected chi connectivity index (χ0v) is 11.7. The molecule has 1 aromatic rings. The third kappa shape index (κ3) is 5.77. The first kappa shape index (κ1) is 15.5. The van der Waals surface area contributed by atoms with Crippen LogP contribution in [0.1, 0.15) is 24.9 Å². The summed E-state index contributed by atoms with van der Waals surface area (Å²) in [6.07, 6.45) is 4.70. The Morgan fingerprint density at radius 1 is 1.42 bits per heavy atom. The fraction of sp³-hybridized carbons (Fsp3) is 0.357. The highest BCUT2D eigenvalue weighted by molar-refractivity contribution is 6.30. The summed E-state index contributed by atoms with van der Waals surface area (Å²) >= 11 is 5.79. The van der Waals surface area contributed by atoms with E-state index in [0.29, 0.717) is 11.6 Å². The van der Waals surface area contributed by atoms with E-state index in [1.807, 2.05) is 19.1 Å². The number of carbonyl (C=O) groups is 1. The highest BCUT2D eigenvalue weighted by atomic mass is 35.5. The van der Waals surface area contributed by atoms with Crippen molar-refractivity contribution in [1.82, 2.24) is 10.6 Å². The summed E-state index contributed by atoms with van der Waals surface area (Å²) in [4.78, 5) is 11.6. The topological polar surface area (TPSA) is 61.4 Å². The lowest BCUT2D eigenvalue weighted by Crippen LogP contribution is -2.39. The molecule has 104 valence electrons. The van der Waals surface area contributed by atoms with E-state index in [4.69, 9.17) is 11.6 Å². The predicted octanol–water partition coefficient (Wildman–Crippen LogP) is 2.64. The van der Waals surface area contributed by atoms with Crippen molar-refractivity contribution in [2.75, 3.05) is 13.2 Å². The Labute approximate surface area is 118 Å². The lowest BCUT2D eigenvalue weighted by molar-refractivity contribution is 0.217. The molecule has 0 aliphatic heterocycles. The minimum Gasteiger partial charge on any atom is -0.394 e. The van der Waals surface area contributed by atoms with Crippen molar-refractivity contribution >= 4 is 17.6 Å². The van der Waals surface area contributed by atoms with Gasteiger partial charge in [-0.25, -0.2) is 4.79 Å². The van der Waals surface area contributed by atoms with Crippen LogP contribution < -0.4 is 10.6 Å². The monoisotopic (exact) mass is 282 g/mol. The number of benzene rings is 1. The van der Waals surface area contributed by atoms with Crippen molar-refractivity contribution in [3.63, 3.8) is 0 Å². The number of nitrogens with one attached hydrogen (secondary N) is 2. The molecule has 1 atom stereocenters. The van der Waals surface area contributed by atoms with Gasteiger partial charge >= 0.3 is 6.03 Å². The van der Waals surface area contributed by atoms with Gasteiger partial charge < -0.3 is 15.7 Å². The van der Waals surface area contributed by atoms with Crippen LogP contribution >= 0.6 is 11.6 Å². The Kier molecular flexibility index (Phi) is 7.00. The summed E-state index contributed by atoms with van der Waals surface area (Å²) in [5, 5.41) is 15.4. The van der Waals surface area contributed by atoms with Crippen LogP contribution in [0.25, 0.3) is 0 Å². The first-order valence-electron chi connectivity index (χ1n) is 6.19. The van der Waals surface area contributed by atoms with Gasteiger partial charge in [-0.2, -0.15) is 0 Å². The molecule has 0 fully saturated rings. The molecule has 0 aliphatic carbocycles. The van der Waals surface area contributed by atoms with Crippen LogP contribution in [-0.4, -0.2) is 24.3 Å². The molecule has 0 saturated carbocycles. The zero-order valence-electron chi connectivity index (χ0n) is 10.9. The van der Waals surface area contributed by atoms with Crippen molar-refractivity contribution in [1.29, 1.82) is 0 Å². The maximum Gasteiger partial charge on any atom is 0.315 e. The molecule has 4 nitrogen and oxygen atoms in total. The first-order chi connectivity index (χ1) is 9.17. The molecule has 1 unspecified atom stereocenters. The molecule has 3 N–H and O–H groups in total. The molecular weight excluding hydrogens is 264 g/mol. The lowest BCUT2D eigenvalue weighted by Gasteiger charge is -2.17. The Hall–Kier alpha value is -1.52. The highest BCUT2D eigenvalue weighted by Gasteiger charge is 2.12. The van der Waals surface area contributed by atoms with E-state index in [2.05, 4.69) is 10.6 Å². The molecule has 0 bridgehead atoms. The molecule has 19 heavy (non-hydrogen) atoms. The average Bonchev–Trinajstić information content (AvgIpc) is 2.42. The van der Waals surface area contributed by atoms with Crippen molar-refractivity contribution in [2.24, 2.45) is 0 Å². The molecule has 0 heterocycles. The molecule has 0 aliphatic rings. The standard InChI is InChI=1S/C14H19ClN2O2/c1-2-3-4-9-16-14(19)17-13(10-18)11-5-7-12(15)8-6-11/h2-3,5-8,13,18H,4,9-10H2,1H3,(H2,16,17,19)/b3-2+. The Balaban J connectivity index is 2.47. The summed E-state index contributed by atoms with van der Waals surface area (Å²) in [6, 6.07) is 6.29. The third-order valence-corrected chi connectivity index (χ3v) is 2.84. The number of hydrogen-bond acceptors (Lipinski definition) is 2. The van der Waals surface area contributed by atoms with E-state index in [0.717, 1.165) is 12.0 Å². The average molecular weight is 283 g/mol. The van der Waals surface area contributed by atoms with Crippen LogP contribution in [0.5, 0.6) is 0 Å². The van der Waals surface area contributed by atoms with E-state index in [9.17, 15) is 9.90 Å². The van der Waals surface area contributed by atoms with Crippen LogP contribution in [0.4, 0.5) is 4.79 Å². The molecule has 0 radical (unpaired) electrons. The minimum absolute atomic E-state index is 0.163. The first-order valence-corrected chi connectivity index (χ1v) is 6.57. The van der Waals surface area contributed by atoms with Crippen molar-refractivity contribution in [3.05, 3.63) is 47.0 Å². The Morgan fingerprint density at radius 2 is 2.11 bits per heavy atom. The van der Waals surface area contributed by atoms with Crippen molar-refractivity contribution < 1.29 is 9.90 Å². The van der Waals surface area contributed by atoms with Gasteiger partial charge in [0.15, 0.2) is 0 Å². The van der Waals surface area contributed by atoms with Gasteiger partial charge in [-0.15, -0.1) is 0 Å². The number of halogens is 1. The summed E-state index contributed by atoms with van der Waals surface area (Å²) in [6.45, 7) is 2.33. The van der Waals surface area contributed by atoms with Crippen molar-refractivity contribution in [2.45, 2.75) is 19.4 Å². The van der Waals surface area contributed by atoms with Crippen LogP contribution in [0.2, 0.25) is 5.02 Å². The summed E-state index contributed by atoms with van der Waals surface area (Å²) < 4.78 is 0. The second kappa shape index (κ2) is 8.56. The van der Waals surface area contributed by atoms with E-state index < -0.39 is 6.04 Å². The van der Waals surface area contributed by atoms with E-state index in [1.165, 1.54) is 0 Å². The number of amides is 2. The predicted molar refractivity (Wildman–Crippen MR) is 77.2 cm³/mol. The van der Waals surface area contributed by atoms with Gasteiger partial charge in [0.2, 0.25) is 0 Å². The highest BCUT2D eigenvalue weighted by Crippen LogP contribution is 2.15. The van der Waals surface area contributed by atoms with Gasteiger partial charge in [-0.3, -0.25) is 0 Å². The largest absolute Gasteiger partial charge is 0.394 e. The van der Waals surface area contributed by atoms with Gasteiger partial charge in [0.05, 0.1) is 12.6 Å². The molecular formula is C14H19ClN2O2. The quantitative estimate of drug-likeness (QED) is 0.555. The number of rotatable bonds is 6. The Bertz CT molecular complexity index is 418. The normalized spacial score (nSPS) is 12.4. The molecule has 5 heteroatoms. The number of urea groups is 1. The van der Waals surface area contributed by atoms with Gasteiger partial charge in [0, 0.05) is 11.6 Å². The van der Waals surface area contributed by atoms with Gasteiger partial charge in [-0.05, 0) is 31.0 Å². The number of carbonyl (C=O) groups excluding carboxylic acids is 1.